The van der Waals surface area contributed by atoms with E-state index in [0.29, 0.717) is 36.5 Å². The second-order valence-corrected chi connectivity index (χ2v) is 7.86. The number of carbonyl (C=O) groups excluding carboxylic acids is 1. The molecule has 0 bridgehead atoms. The summed E-state index contributed by atoms with van der Waals surface area (Å²) in [7, 11) is 1.65. The number of carbonyl (C=O) groups is 1. The van der Waals surface area contributed by atoms with Gasteiger partial charge >= 0.3 is 0 Å². The lowest BCUT2D eigenvalue weighted by atomic mass is 10.1. The molecule has 2 aliphatic rings. The third-order valence-corrected chi connectivity index (χ3v) is 6.20. The van der Waals surface area contributed by atoms with Crippen LogP contribution in [-0.4, -0.2) is 54.9 Å². The van der Waals surface area contributed by atoms with E-state index in [1.54, 1.807) is 18.2 Å². The van der Waals surface area contributed by atoms with Crippen molar-refractivity contribution in [2.75, 3.05) is 31.6 Å². The molecule has 1 amide bonds. The zero-order valence-electron chi connectivity index (χ0n) is 15.6. The Morgan fingerprint density at radius 3 is 2.79 bits per heavy atom. The average Bonchev–Trinajstić information content (AvgIpc) is 3.34. The van der Waals surface area contributed by atoms with Gasteiger partial charge in [0, 0.05) is 56.8 Å². The van der Waals surface area contributed by atoms with Gasteiger partial charge in [-0.15, -0.1) is 11.3 Å². The fourth-order valence-electron chi connectivity index (χ4n) is 3.60. The van der Waals surface area contributed by atoms with Crippen molar-refractivity contribution in [1.29, 1.82) is 0 Å². The normalized spacial score (nSPS) is 20.3. The van der Waals surface area contributed by atoms with Gasteiger partial charge in [-0.2, -0.15) is 0 Å². The lowest BCUT2D eigenvalue weighted by molar-refractivity contribution is 0.0805. The smallest absolute Gasteiger partial charge is 0.270 e. The lowest BCUT2D eigenvalue weighted by Crippen LogP contribution is -2.37. The van der Waals surface area contributed by atoms with Crippen molar-refractivity contribution in [3.63, 3.8) is 0 Å². The fourth-order valence-corrected chi connectivity index (χ4v) is 4.67. The zero-order chi connectivity index (χ0) is 19.7. The molecule has 3 heterocycles. The van der Waals surface area contributed by atoms with E-state index in [9.17, 15) is 9.18 Å². The summed E-state index contributed by atoms with van der Waals surface area (Å²) in [5.74, 6) is -0.0933. The van der Waals surface area contributed by atoms with Crippen molar-refractivity contribution in [2.45, 2.75) is 19.0 Å². The van der Waals surface area contributed by atoms with E-state index in [0.717, 1.165) is 28.5 Å². The molecule has 2 aliphatic heterocycles. The maximum atomic E-state index is 13.4. The molecule has 1 fully saturated rings. The molecule has 1 saturated heterocycles. The quantitative estimate of drug-likeness (QED) is 0.803. The number of hydrogen-bond donors (Lipinski definition) is 1. The Kier molecular flexibility index (Phi) is 5.13. The van der Waals surface area contributed by atoms with E-state index < -0.39 is 6.17 Å². The summed E-state index contributed by atoms with van der Waals surface area (Å²) < 4.78 is 13.4. The van der Waals surface area contributed by atoms with Crippen LogP contribution in [0.4, 0.5) is 10.1 Å². The summed E-state index contributed by atoms with van der Waals surface area (Å²) >= 11 is 1.40. The van der Waals surface area contributed by atoms with Crippen LogP contribution in [-0.2, 0) is 6.42 Å². The van der Waals surface area contributed by atoms with Gasteiger partial charge in [-0.05, 0) is 30.7 Å². The molecule has 4 rings (SSSR count). The van der Waals surface area contributed by atoms with Crippen molar-refractivity contribution >= 4 is 29.1 Å². The van der Waals surface area contributed by atoms with E-state index in [4.69, 9.17) is 5.73 Å². The van der Waals surface area contributed by atoms with Crippen LogP contribution in [0.3, 0.4) is 0 Å². The van der Waals surface area contributed by atoms with Crippen molar-refractivity contribution < 1.29 is 9.18 Å². The number of anilines is 1. The summed E-state index contributed by atoms with van der Waals surface area (Å²) in [6, 6.07) is 7.97. The van der Waals surface area contributed by atoms with Crippen LogP contribution in [0.15, 0.2) is 41.2 Å². The van der Waals surface area contributed by atoms with Crippen LogP contribution < -0.4 is 10.6 Å². The van der Waals surface area contributed by atoms with Gasteiger partial charge < -0.3 is 15.5 Å². The number of amides is 1. The van der Waals surface area contributed by atoms with Gasteiger partial charge in [-0.3, -0.25) is 9.79 Å². The molecule has 0 spiro atoms. The van der Waals surface area contributed by atoms with Crippen molar-refractivity contribution in [3.05, 3.63) is 46.7 Å². The average molecular weight is 399 g/mol. The van der Waals surface area contributed by atoms with Crippen molar-refractivity contribution in [1.82, 2.24) is 9.88 Å². The van der Waals surface area contributed by atoms with E-state index in [1.165, 1.54) is 17.5 Å². The van der Waals surface area contributed by atoms with Gasteiger partial charge in [0.1, 0.15) is 16.1 Å². The molecule has 1 atom stereocenters. The largest absolute Gasteiger partial charge is 0.403 e. The Bertz CT molecular complexity index is 937. The highest BCUT2D eigenvalue weighted by molar-refractivity contribution is 7.17. The predicted octanol–water partition coefficient (Wildman–Crippen LogP) is 2.86. The number of thiazole rings is 1. The first-order valence-electron chi connectivity index (χ1n) is 9.25. The highest BCUT2D eigenvalue weighted by Gasteiger charge is 2.30. The molecule has 8 heteroatoms. The van der Waals surface area contributed by atoms with Gasteiger partial charge in [0.2, 0.25) is 0 Å². The number of nitrogens with zero attached hydrogens (tertiary/aromatic N) is 4. The second kappa shape index (κ2) is 7.71. The summed E-state index contributed by atoms with van der Waals surface area (Å²) in [6.07, 6.45) is 3.50. The molecule has 146 valence electrons. The molecule has 6 nitrogen and oxygen atoms in total. The van der Waals surface area contributed by atoms with Crippen LogP contribution in [0.1, 0.15) is 21.8 Å². The molecule has 1 aromatic carbocycles. The summed E-state index contributed by atoms with van der Waals surface area (Å²) in [5.41, 5.74) is 9.06. The molecule has 0 saturated carbocycles. The van der Waals surface area contributed by atoms with Crippen molar-refractivity contribution in [3.8, 4) is 10.6 Å². The SMILES string of the molecule is CN=CC(=CN)N1CCc2nc(-c3ccc(N4CC[C@H](F)C4)cc3)sc2C1=O. The second-order valence-electron chi connectivity index (χ2n) is 6.86. The Hall–Kier alpha value is -2.74. The van der Waals surface area contributed by atoms with E-state index in [1.807, 2.05) is 24.3 Å². The number of hydrogen-bond acceptors (Lipinski definition) is 6. The van der Waals surface area contributed by atoms with Gasteiger partial charge in [-0.1, -0.05) is 0 Å². The number of allylic oxidation sites excluding steroid dienone is 1. The fraction of sp³-hybridized carbons (Fsp3) is 0.350. The molecule has 2 aromatic rings. The topological polar surface area (TPSA) is 74.8 Å². The van der Waals surface area contributed by atoms with E-state index >= 15 is 0 Å². The summed E-state index contributed by atoms with van der Waals surface area (Å²) in [4.78, 5) is 25.9. The maximum absolute atomic E-state index is 13.4. The maximum Gasteiger partial charge on any atom is 0.270 e. The predicted molar refractivity (Wildman–Crippen MR) is 111 cm³/mol. The third-order valence-electron chi connectivity index (χ3n) is 5.06. The van der Waals surface area contributed by atoms with Crippen LogP contribution in [0.2, 0.25) is 0 Å². The monoisotopic (exact) mass is 399 g/mol. The number of aromatic nitrogens is 1. The van der Waals surface area contributed by atoms with E-state index in [2.05, 4.69) is 14.9 Å². The zero-order valence-corrected chi connectivity index (χ0v) is 16.5. The Morgan fingerprint density at radius 2 is 2.14 bits per heavy atom. The lowest BCUT2D eigenvalue weighted by Gasteiger charge is -2.26. The first kappa shape index (κ1) is 18.6. The number of benzene rings is 1. The Balaban J connectivity index is 1.57. The third kappa shape index (κ3) is 3.40. The minimum absolute atomic E-state index is 0.0933. The number of aliphatic imine (C=N–C) groups is 1. The van der Waals surface area contributed by atoms with E-state index in [-0.39, 0.29) is 5.91 Å². The minimum Gasteiger partial charge on any atom is -0.403 e. The van der Waals surface area contributed by atoms with Crippen LogP contribution >= 0.6 is 11.3 Å². The number of nitrogens with two attached hydrogens (primary N) is 1. The van der Waals surface area contributed by atoms with Crippen LogP contribution in [0.25, 0.3) is 10.6 Å². The highest BCUT2D eigenvalue weighted by Crippen LogP contribution is 2.33. The minimum atomic E-state index is -0.746. The molecule has 0 unspecified atom stereocenters. The summed E-state index contributed by atoms with van der Waals surface area (Å²) in [5, 5.41) is 0.818. The first-order valence-corrected chi connectivity index (χ1v) is 10.1. The molecular weight excluding hydrogens is 377 g/mol. The molecule has 28 heavy (non-hydrogen) atoms. The highest BCUT2D eigenvalue weighted by atomic mass is 32.1. The number of fused-ring (bicyclic) bond motifs is 1. The molecule has 0 aliphatic carbocycles. The molecule has 2 N–H and O–H groups in total. The summed E-state index contributed by atoms with van der Waals surface area (Å²) in [6.45, 7) is 1.73. The van der Waals surface area contributed by atoms with Gasteiger partial charge in [0.05, 0.1) is 11.4 Å². The van der Waals surface area contributed by atoms with Gasteiger partial charge in [0.25, 0.3) is 5.91 Å². The number of rotatable bonds is 4. The standard InChI is InChI=1S/C20H22FN5OS/c1-23-11-16(10-22)26-9-7-17-18(20(26)27)28-19(24-17)13-2-4-15(5-3-13)25-8-6-14(21)12-25/h2-5,10-11,14H,6-9,12,22H2,1H3/t14-/m0/s1. The molecule has 1 aromatic heterocycles. The van der Waals surface area contributed by atoms with Gasteiger partial charge in [-0.25, -0.2) is 9.37 Å². The Morgan fingerprint density at radius 1 is 1.36 bits per heavy atom. The molecular formula is C20H22FN5OS. The number of alkyl halides is 1. The van der Waals surface area contributed by atoms with Crippen LogP contribution in [0, 0.1) is 0 Å². The first-order chi connectivity index (χ1) is 13.6. The Labute approximate surface area is 167 Å². The molecule has 0 radical (unpaired) electrons. The van der Waals surface area contributed by atoms with Crippen molar-refractivity contribution in [2.24, 2.45) is 10.7 Å². The van der Waals surface area contributed by atoms with Gasteiger partial charge in [0.15, 0.2) is 0 Å². The number of halogens is 1. The van der Waals surface area contributed by atoms with Crippen LogP contribution in [0.5, 0.6) is 0 Å².